The van der Waals surface area contributed by atoms with Gasteiger partial charge in [-0.15, -0.1) is 0 Å². The largest absolute Gasteiger partial charge is 0.491 e. The van der Waals surface area contributed by atoms with E-state index in [1.807, 2.05) is 50.5 Å². The summed E-state index contributed by atoms with van der Waals surface area (Å²) in [5.74, 6) is 4.11. The van der Waals surface area contributed by atoms with Crippen LogP contribution in [0, 0.1) is 10.1 Å². The first-order chi connectivity index (χ1) is 15.5. The normalized spacial score (nSPS) is 11.6. The average Bonchev–Trinajstić information content (AvgIpc) is 3.20. The van der Waals surface area contributed by atoms with Gasteiger partial charge in [-0.1, -0.05) is 12.1 Å². The van der Waals surface area contributed by atoms with Gasteiger partial charge in [0.15, 0.2) is 0 Å². The maximum absolute atomic E-state index is 11.3. The van der Waals surface area contributed by atoms with E-state index in [2.05, 4.69) is 15.5 Å². The zero-order chi connectivity index (χ0) is 23.2. The highest BCUT2D eigenvalue weighted by Gasteiger charge is 2.08. The number of benzene rings is 1. The second kappa shape index (κ2) is 14.4. The van der Waals surface area contributed by atoms with Gasteiger partial charge in [0.05, 0.1) is 25.1 Å². The standard InChI is InChI=1S/C22H32N4O5S/c1-25(2)16-20-8-9-21(31-20)17-32-13-10-23-15-22(26(27)28)24-14-18-4-6-19(7-5-18)30-12-11-29-3/h4-9,15,23-24H,10-14,16-17H2,1-3H3. The van der Waals surface area contributed by atoms with Crippen molar-refractivity contribution in [1.82, 2.24) is 15.5 Å². The van der Waals surface area contributed by atoms with Gasteiger partial charge < -0.3 is 34.2 Å². The second-order valence-electron chi connectivity index (χ2n) is 7.24. The molecule has 2 aromatic rings. The van der Waals surface area contributed by atoms with Crippen LogP contribution in [0.25, 0.3) is 0 Å². The first-order valence-corrected chi connectivity index (χ1v) is 11.5. The molecule has 176 valence electrons. The highest BCUT2D eigenvalue weighted by molar-refractivity contribution is 7.98. The van der Waals surface area contributed by atoms with Gasteiger partial charge >= 0.3 is 5.82 Å². The Labute approximate surface area is 193 Å². The number of nitrogens with zero attached hydrogens (tertiary/aromatic N) is 2. The summed E-state index contributed by atoms with van der Waals surface area (Å²) in [5.41, 5.74) is 0.916. The first-order valence-electron chi connectivity index (χ1n) is 10.3. The van der Waals surface area contributed by atoms with Gasteiger partial charge in [0, 0.05) is 19.4 Å². The Kier molecular flexibility index (Phi) is 11.5. The SMILES string of the molecule is COCCOc1ccc(CNC(=CNCCSCc2ccc(CN(C)C)o2)[N+](=O)[O-])cc1. The van der Waals surface area contributed by atoms with Crippen LogP contribution in [0.4, 0.5) is 0 Å². The van der Waals surface area contributed by atoms with Crippen molar-refractivity contribution in [3.8, 4) is 5.75 Å². The minimum Gasteiger partial charge on any atom is -0.491 e. The molecule has 10 heteroatoms. The van der Waals surface area contributed by atoms with Crippen molar-refractivity contribution < 1.29 is 18.8 Å². The van der Waals surface area contributed by atoms with Gasteiger partial charge in [0.2, 0.25) is 0 Å². The molecule has 0 unspecified atom stereocenters. The van der Waals surface area contributed by atoms with Crippen LogP contribution >= 0.6 is 11.8 Å². The molecule has 0 spiro atoms. The van der Waals surface area contributed by atoms with E-state index in [9.17, 15) is 10.1 Å². The number of hydrogen-bond donors (Lipinski definition) is 2. The molecule has 0 radical (unpaired) electrons. The predicted octanol–water partition coefficient (Wildman–Crippen LogP) is 3.05. The number of ether oxygens (including phenoxy) is 2. The van der Waals surface area contributed by atoms with Crippen LogP contribution in [-0.4, -0.2) is 56.5 Å². The van der Waals surface area contributed by atoms with Crippen LogP contribution in [0.5, 0.6) is 5.75 Å². The molecule has 1 heterocycles. The Morgan fingerprint density at radius 2 is 1.94 bits per heavy atom. The molecule has 2 N–H and O–H groups in total. The van der Waals surface area contributed by atoms with E-state index < -0.39 is 4.92 Å². The van der Waals surface area contributed by atoms with E-state index in [-0.39, 0.29) is 5.82 Å². The van der Waals surface area contributed by atoms with Crippen molar-refractivity contribution in [3.63, 3.8) is 0 Å². The van der Waals surface area contributed by atoms with Crippen molar-refractivity contribution in [1.29, 1.82) is 0 Å². The highest BCUT2D eigenvalue weighted by Crippen LogP contribution is 2.16. The molecular formula is C22H32N4O5S. The molecule has 2 rings (SSSR count). The molecular weight excluding hydrogens is 432 g/mol. The van der Waals surface area contributed by atoms with E-state index in [1.165, 1.54) is 6.20 Å². The fourth-order valence-electron chi connectivity index (χ4n) is 2.68. The lowest BCUT2D eigenvalue weighted by atomic mass is 10.2. The summed E-state index contributed by atoms with van der Waals surface area (Å²) in [5, 5.41) is 17.1. The van der Waals surface area contributed by atoms with Crippen LogP contribution in [-0.2, 0) is 23.6 Å². The zero-order valence-corrected chi connectivity index (χ0v) is 19.7. The molecule has 0 amide bonds. The van der Waals surface area contributed by atoms with Crippen molar-refractivity contribution in [2.75, 3.05) is 46.7 Å². The Morgan fingerprint density at radius 3 is 2.62 bits per heavy atom. The summed E-state index contributed by atoms with van der Waals surface area (Å²) >= 11 is 1.71. The fourth-order valence-corrected chi connectivity index (χ4v) is 3.44. The van der Waals surface area contributed by atoms with Crippen molar-refractivity contribution >= 4 is 11.8 Å². The van der Waals surface area contributed by atoms with Crippen molar-refractivity contribution in [3.05, 3.63) is 75.6 Å². The van der Waals surface area contributed by atoms with E-state index in [0.29, 0.717) is 26.3 Å². The van der Waals surface area contributed by atoms with Crippen LogP contribution in [0.3, 0.4) is 0 Å². The van der Waals surface area contributed by atoms with E-state index in [0.717, 1.165) is 40.9 Å². The van der Waals surface area contributed by atoms with Gasteiger partial charge in [-0.25, -0.2) is 0 Å². The van der Waals surface area contributed by atoms with Gasteiger partial charge in [0.1, 0.15) is 30.4 Å². The quantitative estimate of drug-likeness (QED) is 0.220. The number of hydrogen-bond acceptors (Lipinski definition) is 9. The summed E-state index contributed by atoms with van der Waals surface area (Å²) in [6, 6.07) is 11.4. The Hall–Kier alpha value is -2.69. The number of nitro groups is 1. The topological polar surface area (TPSA) is 102 Å². The third kappa shape index (κ3) is 10.1. The third-order valence-corrected chi connectivity index (χ3v) is 5.19. The Bertz CT molecular complexity index is 839. The smallest absolute Gasteiger partial charge is 0.332 e. The number of thioether (sulfide) groups is 1. The summed E-state index contributed by atoms with van der Waals surface area (Å²) in [7, 11) is 5.62. The number of methoxy groups -OCH3 is 1. The van der Waals surface area contributed by atoms with Gasteiger partial charge in [-0.2, -0.15) is 11.8 Å². The lowest BCUT2D eigenvalue weighted by Gasteiger charge is -2.07. The monoisotopic (exact) mass is 464 g/mol. The molecule has 0 saturated carbocycles. The third-order valence-electron chi connectivity index (χ3n) is 4.21. The highest BCUT2D eigenvalue weighted by atomic mass is 32.2. The predicted molar refractivity (Wildman–Crippen MR) is 126 cm³/mol. The second-order valence-corrected chi connectivity index (χ2v) is 8.34. The minimum absolute atomic E-state index is 0.0743. The number of furan rings is 1. The fraction of sp³-hybridized carbons (Fsp3) is 0.455. The summed E-state index contributed by atoms with van der Waals surface area (Å²) in [6.07, 6.45) is 1.41. The lowest BCUT2D eigenvalue weighted by molar-refractivity contribution is -0.432. The maximum atomic E-state index is 11.3. The van der Waals surface area contributed by atoms with E-state index in [1.54, 1.807) is 18.9 Å². The summed E-state index contributed by atoms with van der Waals surface area (Å²) in [4.78, 5) is 12.9. The van der Waals surface area contributed by atoms with Crippen molar-refractivity contribution in [2.24, 2.45) is 0 Å². The van der Waals surface area contributed by atoms with Crippen LogP contribution in [0.2, 0.25) is 0 Å². The molecule has 0 aliphatic rings. The molecule has 1 aromatic carbocycles. The van der Waals surface area contributed by atoms with Gasteiger partial charge in [-0.05, 0) is 48.8 Å². The molecule has 0 fully saturated rings. The summed E-state index contributed by atoms with van der Waals surface area (Å²) < 4.78 is 16.2. The van der Waals surface area contributed by atoms with Crippen LogP contribution in [0.15, 0.2) is 52.8 Å². The molecule has 1 aromatic heterocycles. The molecule has 32 heavy (non-hydrogen) atoms. The number of rotatable bonds is 16. The average molecular weight is 465 g/mol. The van der Waals surface area contributed by atoms with Crippen LogP contribution < -0.4 is 15.4 Å². The van der Waals surface area contributed by atoms with E-state index in [4.69, 9.17) is 13.9 Å². The summed E-state index contributed by atoms with van der Waals surface area (Å²) in [6.45, 7) is 2.73. The molecule has 0 aliphatic heterocycles. The molecule has 0 atom stereocenters. The molecule has 0 saturated heterocycles. The van der Waals surface area contributed by atoms with Gasteiger partial charge in [0.25, 0.3) is 0 Å². The minimum atomic E-state index is -0.433. The van der Waals surface area contributed by atoms with Crippen molar-refractivity contribution in [2.45, 2.75) is 18.8 Å². The lowest BCUT2D eigenvalue weighted by Crippen LogP contribution is -2.23. The molecule has 9 nitrogen and oxygen atoms in total. The number of nitrogens with one attached hydrogen (secondary N) is 2. The Balaban J connectivity index is 1.68. The van der Waals surface area contributed by atoms with E-state index >= 15 is 0 Å². The zero-order valence-electron chi connectivity index (χ0n) is 18.8. The molecule has 0 bridgehead atoms. The maximum Gasteiger partial charge on any atom is 0.332 e. The van der Waals surface area contributed by atoms with Gasteiger partial charge in [-0.3, -0.25) is 5.32 Å². The van der Waals surface area contributed by atoms with Crippen LogP contribution in [0.1, 0.15) is 17.1 Å². The Morgan fingerprint density at radius 1 is 1.19 bits per heavy atom. The first kappa shape index (κ1) is 25.6. The molecule has 0 aliphatic carbocycles.